The van der Waals surface area contributed by atoms with E-state index < -0.39 is 0 Å². The van der Waals surface area contributed by atoms with Crippen LogP contribution in [-0.2, 0) is 0 Å². The summed E-state index contributed by atoms with van der Waals surface area (Å²) < 4.78 is 14.0. The van der Waals surface area contributed by atoms with E-state index in [0.717, 1.165) is 28.5 Å². The van der Waals surface area contributed by atoms with Crippen LogP contribution in [0.1, 0.15) is 42.0 Å². The largest absolute Gasteiger partial charge is 0.324 e. The van der Waals surface area contributed by atoms with Crippen LogP contribution < -0.4 is 5.73 Å². The molecule has 2 saturated carbocycles. The maximum absolute atomic E-state index is 14.0. The molecule has 3 unspecified atom stereocenters. The highest BCUT2D eigenvalue weighted by Crippen LogP contribution is 2.56. The van der Waals surface area contributed by atoms with Gasteiger partial charge in [-0.15, -0.1) is 0 Å². The lowest BCUT2D eigenvalue weighted by Gasteiger charge is -2.23. The predicted octanol–water partition coefficient (Wildman–Crippen LogP) is 3.49. The summed E-state index contributed by atoms with van der Waals surface area (Å²) in [6.07, 6.45) is 3.80. The maximum atomic E-state index is 14.0. The molecule has 2 aliphatic rings. The number of hydrogen-bond donors (Lipinski definition) is 1. The van der Waals surface area contributed by atoms with Crippen LogP contribution in [-0.4, -0.2) is 0 Å². The molecule has 2 heteroatoms. The van der Waals surface area contributed by atoms with Gasteiger partial charge in [-0.1, -0.05) is 6.07 Å². The van der Waals surface area contributed by atoms with E-state index >= 15 is 0 Å². The normalized spacial score (nSPS) is 32.4. The Labute approximate surface area is 102 Å². The second-order valence-corrected chi connectivity index (χ2v) is 5.99. The Hall–Kier alpha value is -0.890. The van der Waals surface area contributed by atoms with E-state index in [1.54, 1.807) is 6.07 Å². The van der Waals surface area contributed by atoms with Crippen LogP contribution in [0.3, 0.4) is 0 Å². The van der Waals surface area contributed by atoms with Crippen LogP contribution in [0.2, 0.25) is 0 Å². The number of nitrogens with two attached hydrogens (primary N) is 1. The number of aryl methyl sites for hydroxylation is 2. The summed E-state index contributed by atoms with van der Waals surface area (Å²) in [6.45, 7) is 3.90. The van der Waals surface area contributed by atoms with Gasteiger partial charge in [0.2, 0.25) is 0 Å². The quantitative estimate of drug-likeness (QED) is 0.831. The Balaban J connectivity index is 1.87. The van der Waals surface area contributed by atoms with Crippen molar-refractivity contribution in [2.75, 3.05) is 0 Å². The molecule has 1 nitrogen and oxygen atoms in total. The third kappa shape index (κ3) is 1.89. The first-order valence-corrected chi connectivity index (χ1v) is 6.58. The molecule has 17 heavy (non-hydrogen) atoms. The van der Waals surface area contributed by atoms with Crippen molar-refractivity contribution in [2.24, 2.45) is 23.5 Å². The molecule has 0 saturated heterocycles. The molecule has 0 aliphatic heterocycles. The third-order valence-corrected chi connectivity index (χ3v) is 4.60. The van der Waals surface area contributed by atoms with Gasteiger partial charge in [0.25, 0.3) is 0 Å². The standard InChI is InChI=1S/C15H20FN/c1-8-3-9(2)14(13(16)4-8)15(17)12-6-10-5-11(10)7-12/h3-4,10-12,15H,5-7,17H2,1-2H3. The Bertz CT molecular complexity index is 421. The first-order valence-electron chi connectivity index (χ1n) is 6.58. The van der Waals surface area contributed by atoms with E-state index in [0.29, 0.717) is 5.92 Å². The second-order valence-electron chi connectivity index (χ2n) is 5.99. The number of benzene rings is 1. The van der Waals surface area contributed by atoms with Gasteiger partial charge in [-0.25, -0.2) is 4.39 Å². The van der Waals surface area contributed by atoms with Crippen LogP contribution in [0.25, 0.3) is 0 Å². The van der Waals surface area contributed by atoms with E-state index in [1.807, 2.05) is 19.9 Å². The van der Waals surface area contributed by atoms with Crippen LogP contribution in [0, 0.1) is 37.4 Å². The zero-order chi connectivity index (χ0) is 12.2. The molecule has 0 bridgehead atoms. The lowest BCUT2D eigenvalue weighted by atomic mass is 9.87. The molecule has 1 aromatic carbocycles. The zero-order valence-electron chi connectivity index (χ0n) is 10.5. The first kappa shape index (κ1) is 11.2. The Morgan fingerprint density at radius 3 is 2.41 bits per heavy atom. The molecule has 2 fully saturated rings. The van der Waals surface area contributed by atoms with Crippen molar-refractivity contribution >= 4 is 0 Å². The second kappa shape index (κ2) is 3.81. The summed E-state index contributed by atoms with van der Waals surface area (Å²) in [6, 6.07) is 3.54. The Morgan fingerprint density at radius 2 is 1.82 bits per heavy atom. The van der Waals surface area contributed by atoms with Crippen molar-refractivity contribution in [3.8, 4) is 0 Å². The van der Waals surface area contributed by atoms with Gasteiger partial charge in [0.1, 0.15) is 5.82 Å². The minimum absolute atomic E-state index is 0.108. The summed E-state index contributed by atoms with van der Waals surface area (Å²) in [5.74, 6) is 2.19. The fourth-order valence-corrected chi connectivity index (χ4v) is 3.64. The van der Waals surface area contributed by atoms with Gasteiger partial charge in [-0.2, -0.15) is 0 Å². The molecule has 3 rings (SSSR count). The van der Waals surface area contributed by atoms with E-state index in [1.165, 1.54) is 19.3 Å². The number of hydrogen-bond acceptors (Lipinski definition) is 1. The van der Waals surface area contributed by atoms with Gasteiger partial charge < -0.3 is 5.73 Å². The molecule has 2 N–H and O–H groups in total. The SMILES string of the molecule is Cc1cc(C)c(C(N)C2CC3CC3C2)c(F)c1. The fourth-order valence-electron chi connectivity index (χ4n) is 3.64. The number of fused-ring (bicyclic) bond motifs is 1. The van der Waals surface area contributed by atoms with Crippen LogP contribution in [0.4, 0.5) is 4.39 Å². The molecule has 92 valence electrons. The lowest BCUT2D eigenvalue weighted by molar-refractivity contribution is 0.391. The Morgan fingerprint density at radius 1 is 1.18 bits per heavy atom. The summed E-state index contributed by atoms with van der Waals surface area (Å²) in [4.78, 5) is 0. The van der Waals surface area contributed by atoms with Crippen molar-refractivity contribution in [1.29, 1.82) is 0 Å². The van der Waals surface area contributed by atoms with Gasteiger partial charge in [0, 0.05) is 11.6 Å². The van der Waals surface area contributed by atoms with Gasteiger partial charge >= 0.3 is 0 Å². The topological polar surface area (TPSA) is 26.0 Å². The zero-order valence-corrected chi connectivity index (χ0v) is 10.5. The monoisotopic (exact) mass is 233 g/mol. The molecule has 2 aliphatic carbocycles. The van der Waals surface area contributed by atoms with Crippen LogP contribution in [0.5, 0.6) is 0 Å². The van der Waals surface area contributed by atoms with E-state index in [9.17, 15) is 4.39 Å². The average molecular weight is 233 g/mol. The molecule has 0 heterocycles. The molecule has 1 aromatic rings. The van der Waals surface area contributed by atoms with Crippen molar-refractivity contribution in [3.05, 3.63) is 34.6 Å². The minimum Gasteiger partial charge on any atom is -0.324 e. The van der Waals surface area contributed by atoms with Crippen molar-refractivity contribution < 1.29 is 4.39 Å². The third-order valence-electron chi connectivity index (χ3n) is 4.60. The average Bonchev–Trinajstić information content (AvgIpc) is 2.84. The molecule has 0 spiro atoms. The number of rotatable bonds is 2. The van der Waals surface area contributed by atoms with E-state index in [4.69, 9.17) is 5.73 Å². The summed E-state index contributed by atoms with van der Waals surface area (Å²) in [7, 11) is 0. The van der Waals surface area contributed by atoms with Gasteiger partial charge in [-0.3, -0.25) is 0 Å². The predicted molar refractivity (Wildman–Crippen MR) is 67.1 cm³/mol. The summed E-state index contributed by atoms with van der Waals surface area (Å²) in [5, 5.41) is 0. The fraction of sp³-hybridized carbons (Fsp3) is 0.600. The van der Waals surface area contributed by atoms with Gasteiger partial charge in [0.05, 0.1) is 0 Å². The minimum atomic E-state index is -0.115. The van der Waals surface area contributed by atoms with E-state index in [2.05, 4.69) is 0 Å². The molecule has 0 radical (unpaired) electrons. The van der Waals surface area contributed by atoms with Crippen LogP contribution in [0.15, 0.2) is 12.1 Å². The maximum Gasteiger partial charge on any atom is 0.128 e. The summed E-state index contributed by atoms with van der Waals surface area (Å²) in [5.41, 5.74) is 9.03. The summed E-state index contributed by atoms with van der Waals surface area (Å²) >= 11 is 0. The highest BCUT2D eigenvalue weighted by molar-refractivity contribution is 5.34. The lowest BCUT2D eigenvalue weighted by Crippen LogP contribution is -2.22. The molecule has 0 aromatic heterocycles. The molecular formula is C15H20FN. The molecular weight excluding hydrogens is 213 g/mol. The van der Waals surface area contributed by atoms with Crippen molar-refractivity contribution in [2.45, 2.75) is 39.2 Å². The molecule has 3 atom stereocenters. The Kier molecular flexibility index (Phi) is 2.51. The van der Waals surface area contributed by atoms with E-state index in [-0.39, 0.29) is 11.9 Å². The van der Waals surface area contributed by atoms with Gasteiger partial charge in [-0.05, 0) is 68.1 Å². The number of halogens is 1. The van der Waals surface area contributed by atoms with Crippen LogP contribution >= 0.6 is 0 Å². The van der Waals surface area contributed by atoms with Gasteiger partial charge in [0.15, 0.2) is 0 Å². The highest BCUT2D eigenvalue weighted by atomic mass is 19.1. The van der Waals surface area contributed by atoms with Crippen molar-refractivity contribution in [1.82, 2.24) is 0 Å². The highest BCUT2D eigenvalue weighted by Gasteiger charge is 2.47. The van der Waals surface area contributed by atoms with Crippen molar-refractivity contribution in [3.63, 3.8) is 0 Å². The smallest absolute Gasteiger partial charge is 0.128 e. The first-order chi connectivity index (χ1) is 8.06. The molecule has 0 amide bonds.